The third-order valence-electron chi connectivity index (χ3n) is 5.23. The monoisotopic (exact) mass is 402 g/mol. The first-order valence-corrected chi connectivity index (χ1v) is 10.0. The molecule has 2 aliphatic heterocycles. The molecule has 0 radical (unpaired) electrons. The average molecular weight is 402 g/mol. The van der Waals surface area contributed by atoms with Gasteiger partial charge in [-0.05, 0) is 61.9 Å². The van der Waals surface area contributed by atoms with Gasteiger partial charge in [-0.2, -0.15) is 0 Å². The van der Waals surface area contributed by atoms with E-state index < -0.39 is 0 Å². The molecule has 0 bridgehead atoms. The largest absolute Gasteiger partial charge is 0.493 e. The number of aromatic nitrogens is 2. The van der Waals surface area contributed by atoms with Crippen molar-refractivity contribution in [2.45, 2.75) is 20.3 Å². The second kappa shape index (κ2) is 7.33. The zero-order valence-corrected chi connectivity index (χ0v) is 16.9. The minimum absolute atomic E-state index is 0.239. The highest BCUT2D eigenvalue weighted by Crippen LogP contribution is 2.35. The van der Waals surface area contributed by atoms with E-state index in [1.165, 1.54) is 5.56 Å². The zero-order chi connectivity index (χ0) is 20.7. The summed E-state index contributed by atoms with van der Waals surface area (Å²) in [7, 11) is 0. The van der Waals surface area contributed by atoms with Crippen LogP contribution in [0, 0.1) is 13.8 Å². The first kappa shape index (κ1) is 18.4. The Bertz CT molecular complexity index is 1130. The molecule has 7 heteroatoms. The summed E-state index contributed by atoms with van der Waals surface area (Å²) < 4.78 is 11.3. The number of carbonyl (C=O) groups is 1. The number of anilines is 2. The van der Waals surface area contributed by atoms with Crippen LogP contribution in [0.15, 0.2) is 42.5 Å². The standard InChI is InChI=1S/C23H22N4O3/c1-14-11-18(12-15(2)24-14)25-23(28)27-8-10-30-21-6-4-19(26-22(21)27)16-3-5-20-17(13-16)7-9-29-20/h3-6,11-13H,7-10H2,1-2H3,(H,24,25,28). The van der Waals surface area contributed by atoms with Gasteiger partial charge in [0.1, 0.15) is 12.4 Å². The van der Waals surface area contributed by atoms with E-state index in [1.54, 1.807) is 4.90 Å². The first-order valence-electron chi connectivity index (χ1n) is 10.0. The molecule has 3 aromatic rings. The second-order valence-electron chi connectivity index (χ2n) is 7.51. The highest BCUT2D eigenvalue weighted by atomic mass is 16.5. The number of hydrogen-bond donors (Lipinski definition) is 1. The molecule has 1 aromatic carbocycles. The number of urea groups is 1. The van der Waals surface area contributed by atoms with Crippen molar-refractivity contribution in [2.24, 2.45) is 0 Å². The number of fused-ring (bicyclic) bond motifs is 2. The fourth-order valence-corrected chi connectivity index (χ4v) is 3.90. The van der Waals surface area contributed by atoms with Gasteiger partial charge in [-0.1, -0.05) is 0 Å². The maximum atomic E-state index is 13.0. The Hall–Kier alpha value is -3.61. The van der Waals surface area contributed by atoms with Crippen LogP contribution in [0.2, 0.25) is 0 Å². The van der Waals surface area contributed by atoms with E-state index in [1.807, 2.05) is 50.2 Å². The average Bonchev–Trinajstić information content (AvgIpc) is 3.20. The van der Waals surface area contributed by atoms with Crippen LogP contribution in [-0.4, -0.2) is 35.8 Å². The molecule has 0 unspecified atom stereocenters. The molecule has 2 amide bonds. The molecule has 0 fully saturated rings. The third kappa shape index (κ3) is 3.43. The maximum absolute atomic E-state index is 13.0. The smallest absolute Gasteiger partial charge is 0.327 e. The lowest BCUT2D eigenvalue weighted by molar-refractivity contribution is 0.249. The first-order chi connectivity index (χ1) is 14.6. The van der Waals surface area contributed by atoms with Gasteiger partial charge in [0.25, 0.3) is 0 Å². The van der Waals surface area contributed by atoms with Gasteiger partial charge in [-0.25, -0.2) is 9.78 Å². The number of carbonyl (C=O) groups excluding carboxylic acids is 1. The Morgan fingerprint density at radius 2 is 1.73 bits per heavy atom. The van der Waals surface area contributed by atoms with Gasteiger partial charge in [-0.3, -0.25) is 9.88 Å². The molecule has 152 valence electrons. The Morgan fingerprint density at radius 1 is 0.967 bits per heavy atom. The van der Waals surface area contributed by atoms with Gasteiger partial charge < -0.3 is 14.8 Å². The normalized spacial score (nSPS) is 14.4. The van der Waals surface area contributed by atoms with Crippen LogP contribution >= 0.6 is 0 Å². The number of nitrogens with zero attached hydrogens (tertiary/aromatic N) is 3. The molecule has 5 rings (SSSR count). The number of rotatable bonds is 2. The van der Waals surface area contributed by atoms with Crippen LogP contribution < -0.4 is 19.7 Å². The van der Waals surface area contributed by atoms with E-state index in [0.29, 0.717) is 37.0 Å². The molecule has 0 saturated carbocycles. The lowest BCUT2D eigenvalue weighted by Crippen LogP contribution is -2.41. The molecule has 0 aliphatic carbocycles. The van der Waals surface area contributed by atoms with Crippen LogP contribution in [0.1, 0.15) is 17.0 Å². The predicted octanol–water partition coefficient (Wildman–Crippen LogP) is 4.13. The summed E-state index contributed by atoms with van der Waals surface area (Å²) in [5, 5.41) is 2.96. The van der Waals surface area contributed by atoms with Crippen LogP contribution in [-0.2, 0) is 6.42 Å². The lowest BCUT2D eigenvalue weighted by atomic mass is 10.1. The van der Waals surface area contributed by atoms with Crippen LogP contribution in [0.25, 0.3) is 11.3 Å². The van der Waals surface area contributed by atoms with E-state index >= 15 is 0 Å². The minimum Gasteiger partial charge on any atom is -0.493 e. The Kier molecular flexibility index (Phi) is 4.50. The summed E-state index contributed by atoms with van der Waals surface area (Å²) >= 11 is 0. The van der Waals surface area contributed by atoms with E-state index in [2.05, 4.69) is 16.4 Å². The van der Waals surface area contributed by atoms with Crippen molar-refractivity contribution in [1.29, 1.82) is 0 Å². The summed E-state index contributed by atoms with van der Waals surface area (Å²) in [4.78, 5) is 23.8. The number of aryl methyl sites for hydroxylation is 2. The topological polar surface area (TPSA) is 76.6 Å². The van der Waals surface area contributed by atoms with Crippen molar-refractivity contribution in [3.8, 4) is 22.8 Å². The second-order valence-corrected chi connectivity index (χ2v) is 7.51. The van der Waals surface area contributed by atoms with E-state index in [9.17, 15) is 4.79 Å². The van der Waals surface area contributed by atoms with Gasteiger partial charge in [0.2, 0.25) is 0 Å². The summed E-state index contributed by atoms with van der Waals surface area (Å²) in [6.45, 7) is 5.37. The number of hydrogen-bond acceptors (Lipinski definition) is 5. The fourth-order valence-electron chi connectivity index (χ4n) is 3.90. The van der Waals surface area contributed by atoms with E-state index in [-0.39, 0.29) is 6.03 Å². The summed E-state index contributed by atoms with van der Waals surface area (Å²) in [5.74, 6) is 2.06. The van der Waals surface area contributed by atoms with Gasteiger partial charge in [0.15, 0.2) is 11.6 Å². The number of pyridine rings is 2. The van der Waals surface area contributed by atoms with E-state index in [4.69, 9.17) is 14.5 Å². The molecule has 0 spiro atoms. The molecule has 7 nitrogen and oxygen atoms in total. The van der Waals surface area contributed by atoms with E-state index in [0.717, 1.165) is 34.8 Å². The molecule has 0 saturated heterocycles. The van der Waals surface area contributed by atoms with Crippen molar-refractivity contribution in [2.75, 3.05) is 30.0 Å². The highest BCUT2D eigenvalue weighted by molar-refractivity contribution is 6.02. The summed E-state index contributed by atoms with van der Waals surface area (Å²) in [6, 6.07) is 13.3. The molecule has 4 heterocycles. The number of benzene rings is 1. The fraction of sp³-hybridized carbons (Fsp3) is 0.261. The molecular formula is C23H22N4O3. The van der Waals surface area contributed by atoms with Gasteiger partial charge >= 0.3 is 6.03 Å². The molecule has 30 heavy (non-hydrogen) atoms. The van der Waals surface area contributed by atoms with Gasteiger partial charge in [-0.15, -0.1) is 0 Å². The van der Waals surface area contributed by atoms with Crippen molar-refractivity contribution < 1.29 is 14.3 Å². The molecule has 2 aromatic heterocycles. The summed E-state index contributed by atoms with van der Waals surface area (Å²) in [5.41, 5.74) is 5.40. The molecule has 2 aliphatic rings. The van der Waals surface area contributed by atoms with Crippen LogP contribution in [0.3, 0.4) is 0 Å². The number of amides is 2. The highest BCUT2D eigenvalue weighted by Gasteiger charge is 2.26. The maximum Gasteiger partial charge on any atom is 0.327 e. The predicted molar refractivity (Wildman–Crippen MR) is 114 cm³/mol. The Labute approximate surface area is 174 Å². The quantitative estimate of drug-likeness (QED) is 0.698. The molecule has 1 N–H and O–H groups in total. The third-order valence-corrected chi connectivity index (χ3v) is 5.23. The van der Waals surface area contributed by atoms with Crippen molar-refractivity contribution >= 4 is 17.5 Å². The SMILES string of the molecule is Cc1cc(NC(=O)N2CCOc3ccc(-c4ccc5c(c4)CCO5)nc32)cc(C)n1. The van der Waals surface area contributed by atoms with Gasteiger partial charge in [0, 0.05) is 29.1 Å². The Balaban J connectivity index is 1.45. The summed E-state index contributed by atoms with van der Waals surface area (Å²) in [6.07, 6.45) is 0.899. The minimum atomic E-state index is -0.239. The van der Waals surface area contributed by atoms with Crippen molar-refractivity contribution in [1.82, 2.24) is 9.97 Å². The van der Waals surface area contributed by atoms with Crippen molar-refractivity contribution in [3.63, 3.8) is 0 Å². The Morgan fingerprint density at radius 3 is 2.57 bits per heavy atom. The number of ether oxygens (including phenoxy) is 2. The molecule has 0 atom stereocenters. The molecular weight excluding hydrogens is 380 g/mol. The van der Waals surface area contributed by atoms with Crippen molar-refractivity contribution in [3.05, 3.63) is 59.4 Å². The van der Waals surface area contributed by atoms with Gasteiger partial charge in [0.05, 0.1) is 18.8 Å². The lowest BCUT2D eigenvalue weighted by Gasteiger charge is -2.29. The van der Waals surface area contributed by atoms with Crippen LogP contribution in [0.5, 0.6) is 11.5 Å². The number of nitrogens with one attached hydrogen (secondary N) is 1. The van der Waals surface area contributed by atoms with Crippen LogP contribution in [0.4, 0.5) is 16.3 Å². The zero-order valence-electron chi connectivity index (χ0n) is 16.9.